The average Bonchev–Trinajstić information content (AvgIpc) is 3.11. The zero-order valence-corrected chi connectivity index (χ0v) is 19.1. The number of amides is 3. The normalized spacial score (nSPS) is 14.0. The molecule has 2 atom stereocenters. The molecule has 0 saturated heterocycles. The van der Waals surface area contributed by atoms with Gasteiger partial charge in [0, 0.05) is 12.3 Å². The number of hydrogen-bond donors (Lipinski definition) is 4. The molecule has 0 radical (unpaired) electrons. The summed E-state index contributed by atoms with van der Waals surface area (Å²) in [6.45, 7) is 3.46. The zero-order valence-electron chi connectivity index (χ0n) is 19.1. The summed E-state index contributed by atoms with van der Waals surface area (Å²) in [7, 11) is 0. The minimum Gasteiger partial charge on any atom is -0.481 e. The Kier molecular flexibility index (Phi) is 7.88. The summed E-state index contributed by atoms with van der Waals surface area (Å²) in [5, 5.41) is 13.9. The molecule has 2 aromatic carbocycles. The van der Waals surface area contributed by atoms with Crippen molar-refractivity contribution in [1.29, 1.82) is 0 Å². The molecule has 0 fully saturated rings. The lowest BCUT2D eigenvalue weighted by Gasteiger charge is -2.23. The molecule has 2 aromatic rings. The zero-order chi connectivity index (χ0) is 24.8. The smallest absolute Gasteiger partial charge is 0.407 e. The first-order chi connectivity index (χ1) is 16.2. The molecule has 0 aromatic heterocycles. The molecule has 0 spiro atoms. The van der Waals surface area contributed by atoms with Crippen LogP contribution < -0.4 is 16.4 Å². The highest BCUT2D eigenvalue weighted by atomic mass is 16.5. The summed E-state index contributed by atoms with van der Waals surface area (Å²) in [4.78, 5) is 48.0. The van der Waals surface area contributed by atoms with Gasteiger partial charge in [0.25, 0.3) is 0 Å². The number of alkyl carbamates (subject to hydrolysis) is 1. The SMILES string of the molecule is CC(C)C(NC(=O)C(CCC(=O)O)NC(=O)OCC1c2ccccc2-c2ccccc21)C(N)=O. The van der Waals surface area contributed by atoms with Gasteiger partial charge in [0.05, 0.1) is 0 Å². The Labute approximate surface area is 197 Å². The van der Waals surface area contributed by atoms with Crippen LogP contribution in [-0.4, -0.2) is 47.7 Å². The van der Waals surface area contributed by atoms with E-state index in [9.17, 15) is 19.2 Å². The molecule has 9 heteroatoms. The number of hydrogen-bond acceptors (Lipinski definition) is 5. The molecule has 0 saturated carbocycles. The first-order valence-electron chi connectivity index (χ1n) is 11.1. The molecule has 2 unspecified atom stereocenters. The number of carboxylic acids is 1. The number of nitrogens with two attached hydrogens (primary N) is 1. The predicted molar refractivity (Wildman–Crippen MR) is 125 cm³/mol. The Morgan fingerprint density at radius 2 is 1.53 bits per heavy atom. The summed E-state index contributed by atoms with van der Waals surface area (Å²) in [5.41, 5.74) is 9.59. The fraction of sp³-hybridized carbons (Fsp3) is 0.360. The van der Waals surface area contributed by atoms with Crippen LogP contribution in [0.15, 0.2) is 48.5 Å². The van der Waals surface area contributed by atoms with Crippen molar-refractivity contribution in [2.75, 3.05) is 6.61 Å². The maximum Gasteiger partial charge on any atom is 0.407 e. The molecule has 1 aliphatic carbocycles. The number of benzene rings is 2. The average molecular weight is 468 g/mol. The second-order valence-corrected chi connectivity index (χ2v) is 8.59. The molecule has 1 aliphatic rings. The van der Waals surface area contributed by atoms with E-state index < -0.39 is 36.0 Å². The molecule has 0 aliphatic heterocycles. The van der Waals surface area contributed by atoms with E-state index in [2.05, 4.69) is 10.6 Å². The van der Waals surface area contributed by atoms with Gasteiger partial charge < -0.3 is 26.2 Å². The highest BCUT2D eigenvalue weighted by molar-refractivity contribution is 5.91. The van der Waals surface area contributed by atoms with Gasteiger partial charge in [0.2, 0.25) is 11.8 Å². The number of carboxylic acid groups (broad SMARTS) is 1. The number of fused-ring (bicyclic) bond motifs is 3. The second-order valence-electron chi connectivity index (χ2n) is 8.59. The number of aliphatic carboxylic acids is 1. The Balaban J connectivity index is 1.68. The van der Waals surface area contributed by atoms with E-state index in [4.69, 9.17) is 15.6 Å². The predicted octanol–water partition coefficient (Wildman–Crippen LogP) is 2.38. The van der Waals surface area contributed by atoms with Gasteiger partial charge in [-0.3, -0.25) is 14.4 Å². The quantitative estimate of drug-likeness (QED) is 0.422. The van der Waals surface area contributed by atoms with Crippen LogP contribution in [-0.2, 0) is 19.1 Å². The minimum atomic E-state index is -1.20. The van der Waals surface area contributed by atoms with Gasteiger partial charge in [0.15, 0.2) is 0 Å². The standard InChI is InChI=1S/C25H29N3O6/c1-14(2)22(23(26)31)28-24(32)20(11-12-21(29)30)27-25(33)34-13-19-17-9-5-3-7-15(17)16-8-4-6-10-18(16)19/h3-10,14,19-20,22H,11-13H2,1-2H3,(H2,26,31)(H,27,33)(H,28,32)(H,29,30). The summed E-state index contributed by atoms with van der Waals surface area (Å²) < 4.78 is 5.46. The maximum atomic E-state index is 12.7. The van der Waals surface area contributed by atoms with Crippen molar-refractivity contribution >= 4 is 23.9 Å². The third-order valence-electron chi connectivity index (χ3n) is 5.87. The van der Waals surface area contributed by atoms with Crippen molar-refractivity contribution in [3.8, 4) is 11.1 Å². The minimum absolute atomic E-state index is 0.0447. The van der Waals surface area contributed by atoms with E-state index in [0.29, 0.717) is 0 Å². The van der Waals surface area contributed by atoms with Crippen LogP contribution in [0.25, 0.3) is 11.1 Å². The van der Waals surface area contributed by atoms with Crippen LogP contribution in [0.1, 0.15) is 43.7 Å². The van der Waals surface area contributed by atoms with Gasteiger partial charge in [-0.25, -0.2) is 4.79 Å². The Hall–Kier alpha value is -3.88. The van der Waals surface area contributed by atoms with Crippen molar-refractivity contribution in [2.45, 2.75) is 44.7 Å². The van der Waals surface area contributed by atoms with E-state index in [1.165, 1.54) is 0 Å². The van der Waals surface area contributed by atoms with E-state index >= 15 is 0 Å². The Morgan fingerprint density at radius 1 is 0.971 bits per heavy atom. The van der Waals surface area contributed by atoms with Gasteiger partial charge in [0.1, 0.15) is 18.7 Å². The van der Waals surface area contributed by atoms with Gasteiger partial charge in [-0.05, 0) is 34.6 Å². The van der Waals surface area contributed by atoms with Crippen LogP contribution in [0.5, 0.6) is 0 Å². The maximum absolute atomic E-state index is 12.7. The monoisotopic (exact) mass is 467 g/mol. The van der Waals surface area contributed by atoms with Crippen LogP contribution in [0.2, 0.25) is 0 Å². The van der Waals surface area contributed by atoms with Crippen molar-refractivity contribution < 1.29 is 29.0 Å². The van der Waals surface area contributed by atoms with Crippen LogP contribution in [0.4, 0.5) is 4.79 Å². The van der Waals surface area contributed by atoms with Crippen molar-refractivity contribution in [2.24, 2.45) is 11.7 Å². The van der Waals surface area contributed by atoms with Crippen LogP contribution in [0, 0.1) is 5.92 Å². The third-order valence-corrected chi connectivity index (χ3v) is 5.87. The fourth-order valence-electron chi connectivity index (χ4n) is 4.14. The lowest BCUT2D eigenvalue weighted by atomic mass is 9.98. The summed E-state index contributed by atoms with van der Waals surface area (Å²) in [5.74, 6) is -2.99. The largest absolute Gasteiger partial charge is 0.481 e. The third kappa shape index (κ3) is 5.72. The molecule has 9 nitrogen and oxygen atoms in total. The molecule has 3 amide bonds. The number of primary amides is 1. The van der Waals surface area contributed by atoms with E-state index in [1.54, 1.807) is 13.8 Å². The Morgan fingerprint density at radius 3 is 2.03 bits per heavy atom. The summed E-state index contributed by atoms with van der Waals surface area (Å²) in [6.07, 6.45) is -1.38. The van der Waals surface area contributed by atoms with Crippen molar-refractivity contribution in [3.63, 3.8) is 0 Å². The molecule has 0 bridgehead atoms. The molecule has 34 heavy (non-hydrogen) atoms. The molecular formula is C25H29N3O6. The first-order valence-corrected chi connectivity index (χ1v) is 11.1. The topological polar surface area (TPSA) is 148 Å². The van der Waals surface area contributed by atoms with Crippen molar-refractivity contribution in [3.05, 3.63) is 59.7 Å². The lowest BCUT2D eigenvalue weighted by molar-refractivity contribution is -0.137. The molecular weight excluding hydrogens is 438 g/mol. The molecule has 5 N–H and O–H groups in total. The van der Waals surface area contributed by atoms with Gasteiger partial charge >= 0.3 is 12.1 Å². The molecule has 180 valence electrons. The van der Waals surface area contributed by atoms with Gasteiger partial charge in [-0.2, -0.15) is 0 Å². The Bertz CT molecular complexity index is 1040. The van der Waals surface area contributed by atoms with Crippen LogP contribution >= 0.6 is 0 Å². The first kappa shape index (κ1) is 24.8. The highest BCUT2D eigenvalue weighted by Gasteiger charge is 2.31. The second kappa shape index (κ2) is 10.8. The van der Waals surface area contributed by atoms with Gasteiger partial charge in [-0.15, -0.1) is 0 Å². The number of rotatable bonds is 10. The molecule has 0 heterocycles. The van der Waals surface area contributed by atoms with Crippen molar-refractivity contribution in [1.82, 2.24) is 10.6 Å². The number of carbonyl (C=O) groups excluding carboxylic acids is 3. The van der Waals surface area contributed by atoms with E-state index in [0.717, 1.165) is 22.3 Å². The number of carbonyl (C=O) groups is 4. The molecule has 3 rings (SSSR count). The lowest BCUT2D eigenvalue weighted by Crippen LogP contribution is -2.54. The van der Waals surface area contributed by atoms with E-state index in [-0.39, 0.29) is 31.3 Å². The highest BCUT2D eigenvalue weighted by Crippen LogP contribution is 2.44. The van der Waals surface area contributed by atoms with Gasteiger partial charge in [-0.1, -0.05) is 62.4 Å². The summed E-state index contributed by atoms with van der Waals surface area (Å²) >= 11 is 0. The number of ether oxygens (including phenoxy) is 1. The van der Waals surface area contributed by atoms with E-state index in [1.807, 2.05) is 48.5 Å². The number of nitrogens with one attached hydrogen (secondary N) is 2. The van der Waals surface area contributed by atoms with Crippen LogP contribution in [0.3, 0.4) is 0 Å². The fourth-order valence-corrected chi connectivity index (χ4v) is 4.14. The summed E-state index contributed by atoms with van der Waals surface area (Å²) in [6, 6.07) is 13.6.